The lowest BCUT2D eigenvalue weighted by Crippen LogP contribution is -2.20. The molecule has 0 saturated heterocycles. The Hall–Kier alpha value is -0.540. The molecule has 15 heavy (non-hydrogen) atoms. The van der Waals surface area contributed by atoms with E-state index in [1.807, 2.05) is 12.1 Å². The summed E-state index contributed by atoms with van der Waals surface area (Å²) in [5.41, 5.74) is 7.92. The quantitative estimate of drug-likeness (QED) is 0.852. The molecule has 2 rings (SSSR count). The van der Waals surface area contributed by atoms with Gasteiger partial charge >= 0.3 is 0 Å². The third-order valence-electron chi connectivity index (χ3n) is 2.70. The maximum atomic E-state index is 5.80. The summed E-state index contributed by atoms with van der Waals surface area (Å²) in [6.45, 7) is 2.20. The van der Waals surface area contributed by atoms with Crippen LogP contribution in [0.15, 0.2) is 22.7 Å². The molecule has 1 aliphatic carbocycles. The number of rotatable bonds is 4. The fourth-order valence-corrected chi connectivity index (χ4v) is 2.44. The van der Waals surface area contributed by atoms with Crippen molar-refractivity contribution < 1.29 is 0 Å². The van der Waals surface area contributed by atoms with Crippen molar-refractivity contribution in [3.8, 4) is 0 Å². The van der Waals surface area contributed by atoms with E-state index in [9.17, 15) is 0 Å². The molecule has 0 heterocycles. The van der Waals surface area contributed by atoms with Crippen molar-refractivity contribution in [2.45, 2.75) is 19.4 Å². The van der Waals surface area contributed by atoms with E-state index in [1.165, 1.54) is 24.9 Å². The van der Waals surface area contributed by atoms with E-state index >= 15 is 0 Å². The average Bonchev–Trinajstić information content (AvgIpc) is 2.85. The number of nitrogens with zero attached hydrogens (tertiary/aromatic N) is 1. The normalized spacial score (nSPS) is 15.9. The van der Waals surface area contributed by atoms with Crippen LogP contribution in [0.5, 0.6) is 0 Å². The van der Waals surface area contributed by atoms with E-state index in [1.54, 1.807) is 0 Å². The van der Waals surface area contributed by atoms with Gasteiger partial charge in [0.15, 0.2) is 0 Å². The van der Waals surface area contributed by atoms with Crippen molar-refractivity contribution in [2.24, 2.45) is 5.92 Å². The molecule has 1 saturated carbocycles. The number of halogens is 1. The van der Waals surface area contributed by atoms with Gasteiger partial charge in [-0.05, 0) is 49.6 Å². The summed E-state index contributed by atoms with van der Waals surface area (Å²) < 4.78 is 1.07. The van der Waals surface area contributed by atoms with Crippen molar-refractivity contribution in [3.63, 3.8) is 0 Å². The minimum absolute atomic E-state index is 0.833. The average molecular weight is 269 g/mol. The third kappa shape index (κ3) is 3.50. The standard InChI is InChI=1S/C12H17BrN2/c1-15(7-9-2-3-9)8-10-4-11(13)6-12(14)5-10/h4-6,9H,2-3,7-8,14H2,1H3. The molecule has 0 aliphatic heterocycles. The van der Waals surface area contributed by atoms with Gasteiger partial charge in [0.25, 0.3) is 0 Å². The van der Waals surface area contributed by atoms with E-state index in [0.29, 0.717) is 0 Å². The molecular formula is C12H17BrN2. The Morgan fingerprint density at radius 2 is 2.13 bits per heavy atom. The van der Waals surface area contributed by atoms with Gasteiger partial charge in [-0.2, -0.15) is 0 Å². The van der Waals surface area contributed by atoms with E-state index in [4.69, 9.17) is 5.73 Å². The lowest BCUT2D eigenvalue weighted by atomic mass is 10.2. The molecule has 3 heteroatoms. The Balaban J connectivity index is 1.96. The van der Waals surface area contributed by atoms with Gasteiger partial charge in [0.1, 0.15) is 0 Å². The molecular weight excluding hydrogens is 252 g/mol. The van der Waals surface area contributed by atoms with Crippen LogP contribution in [0.3, 0.4) is 0 Å². The van der Waals surface area contributed by atoms with Crippen LogP contribution in [0, 0.1) is 5.92 Å². The molecule has 0 bridgehead atoms. The van der Waals surface area contributed by atoms with Gasteiger partial charge < -0.3 is 10.6 Å². The largest absolute Gasteiger partial charge is 0.399 e. The van der Waals surface area contributed by atoms with Crippen LogP contribution in [-0.4, -0.2) is 18.5 Å². The number of hydrogen-bond donors (Lipinski definition) is 1. The lowest BCUT2D eigenvalue weighted by molar-refractivity contribution is 0.313. The molecule has 1 aromatic carbocycles. The highest BCUT2D eigenvalue weighted by Crippen LogP contribution is 2.29. The monoisotopic (exact) mass is 268 g/mol. The van der Waals surface area contributed by atoms with Crippen molar-refractivity contribution in [3.05, 3.63) is 28.2 Å². The predicted octanol–water partition coefficient (Wildman–Crippen LogP) is 2.87. The Bertz CT molecular complexity index is 327. The number of nitrogens with two attached hydrogens (primary N) is 1. The first kappa shape index (κ1) is 11.0. The number of benzene rings is 1. The smallest absolute Gasteiger partial charge is 0.0328 e. The molecule has 0 amide bonds. The van der Waals surface area contributed by atoms with E-state index in [0.717, 1.165) is 22.6 Å². The summed E-state index contributed by atoms with van der Waals surface area (Å²) >= 11 is 3.47. The van der Waals surface area contributed by atoms with Crippen molar-refractivity contribution in [1.29, 1.82) is 0 Å². The van der Waals surface area contributed by atoms with E-state index in [-0.39, 0.29) is 0 Å². The Morgan fingerprint density at radius 3 is 2.73 bits per heavy atom. The number of hydrogen-bond acceptors (Lipinski definition) is 2. The third-order valence-corrected chi connectivity index (χ3v) is 3.16. The van der Waals surface area contributed by atoms with Gasteiger partial charge in [0.2, 0.25) is 0 Å². The highest BCUT2D eigenvalue weighted by atomic mass is 79.9. The first-order valence-corrected chi connectivity index (χ1v) is 6.16. The van der Waals surface area contributed by atoms with Gasteiger partial charge in [0.05, 0.1) is 0 Å². The topological polar surface area (TPSA) is 29.3 Å². The molecule has 0 unspecified atom stereocenters. The van der Waals surface area contributed by atoms with Crippen molar-refractivity contribution in [2.75, 3.05) is 19.3 Å². The minimum atomic E-state index is 0.833. The van der Waals surface area contributed by atoms with Crippen LogP contribution in [0.25, 0.3) is 0 Å². The molecule has 82 valence electrons. The summed E-state index contributed by atoms with van der Waals surface area (Å²) in [4.78, 5) is 2.37. The van der Waals surface area contributed by atoms with Crippen molar-refractivity contribution >= 4 is 21.6 Å². The maximum Gasteiger partial charge on any atom is 0.0328 e. The van der Waals surface area contributed by atoms with Crippen LogP contribution in [0.2, 0.25) is 0 Å². The summed E-state index contributed by atoms with van der Waals surface area (Å²) in [5.74, 6) is 0.944. The molecule has 0 radical (unpaired) electrons. The zero-order chi connectivity index (χ0) is 10.8. The van der Waals surface area contributed by atoms with Gasteiger partial charge in [-0.25, -0.2) is 0 Å². The molecule has 2 N–H and O–H groups in total. The molecule has 1 aliphatic rings. The van der Waals surface area contributed by atoms with Gasteiger partial charge in [-0.15, -0.1) is 0 Å². The molecule has 0 atom stereocenters. The Labute approximate surface area is 99.6 Å². The van der Waals surface area contributed by atoms with E-state index < -0.39 is 0 Å². The van der Waals surface area contributed by atoms with Crippen molar-refractivity contribution in [1.82, 2.24) is 4.90 Å². The first-order chi connectivity index (χ1) is 7.13. The molecule has 2 nitrogen and oxygen atoms in total. The highest BCUT2D eigenvalue weighted by Gasteiger charge is 2.22. The van der Waals surface area contributed by atoms with E-state index in [2.05, 4.69) is 33.9 Å². The fraction of sp³-hybridized carbons (Fsp3) is 0.500. The second-order valence-corrected chi connectivity index (χ2v) is 5.45. The Kier molecular flexibility index (Phi) is 3.32. The lowest BCUT2D eigenvalue weighted by Gasteiger charge is -2.16. The number of anilines is 1. The van der Waals surface area contributed by atoms with Gasteiger partial charge in [0, 0.05) is 23.2 Å². The zero-order valence-corrected chi connectivity index (χ0v) is 10.6. The molecule has 1 aromatic rings. The number of nitrogen functional groups attached to an aromatic ring is 1. The highest BCUT2D eigenvalue weighted by molar-refractivity contribution is 9.10. The summed E-state index contributed by atoms with van der Waals surface area (Å²) in [6, 6.07) is 6.12. The maximum absolute atomic E-state index is 5.80. The first-order valence-electron chi connectivity index (χ1n) is 5.37. The minimum Gasteiger partial charge on any atom is -0.399 e. The second-order valence-electron chi connectivity index (χ2n) is 4.53. The van der Waals surface area contributed by atoms with Crippen LogP contribution in [0.4, 0.5) is 5.69 Å². The predicted molar refractivity (Wildman–Crippen MR) is 67.6 cm³/mol. The summed E-state index contributed by atoms with van der Waals surface area (Å²) in [5, 5.41) is 0. The van der Waals surface area contributed by atoms with Gasteiger partial charge in [-0.1, -0.05) is 15.9 Å². The summed E-state index contributed by atoms with van der Waals surface area (Å²) in [7, 11) is 2.18. The Morgan fingerprint density at radius 1 is 1.40 bits per heavy atom. The molecule has 0 aromatic heterocycles. The van der Waals surface area contributed by atoms with Crippen LogP contribution in [-0.2, 0) is 6.54 Å². The van der Waals surface area contributed by atoms with Crippen LogP contribution in [0.1, 0.15) is 18.4 Å². The zero-order valence-electron chi connectivity index (χ0n) is 9.04. The summed E-state index contributed by atoms with van der Waals surface area (Å²) in [6.07, 6.45) is 2.82. The molecule has 1 fully saturated rings. The fourth-order valence-electron chi connectivity index (χ4n) is 1.88. The van der Waals surface area contributed by atoms with Gasteiger partial charge in [-0.3, -0.25) is 0 Å². The second kappa shape index (κ2) is 4.54. The van der Waals surface area contributed by atoms with Crippen LogP contribution < -0.4 is 5.73 Å². The van der Waals surface area contributed by atoms with Crippen LogP contribution >= 0.6 is 15.9 Å². The molecule has 0 spiro atoms. The SMILES string of the molecule is CN(Cc1cc(N)cc(Br)c1)CC1CC1.